The molecular weight excluding hydrogens is 278 g/mol. The first-order chi connectivity index (χ1) is 10.6. The molecule has 0 spiro atoms. The van der Waals surface area contributed by atoms with Gasteiger partial charge in [0.05, 0.1) is 5.69 Å². The average Bonchev–Trinajstić information content (AvgIpc) is 2.48. The van der Waals surface area contributed by atoms with Gasteiger partial charge in [0.1, 0.15) is 6.54 Å². The van der Waals surface area contributed by atoms with Crippen LogP contribution >= 0.6 is 0 Å². The van der Waals surface area contributed by atoms with Crippen LogP contribution in [-0.2, 0) is 24.2 Å². The van der Waals surface area contributed by atoms with Gasteiger partial charge in [0.15, 0.2) is 0 Å². The number of aromatic nitrogens is 2. The summed E-state index contributed by atoms with van der Waals surface area (Å²) in [7, 11) is 0. The number of fused-ring (bicyclic) bond motifs is 1. The van der Waals surface area contributed by atoms with E-state index in [0.29, 0.717) is 0 Å². The molecule has 3 rings (SSSR count). The van der Waals surface area contributed by atoms with Crippen LogP contribution in [0.3, 0.4) is 0 Å². The summed E-state index contributed by atoms with van der Waals surface area (Å²) in [5, 5.41) is 7.16. The number of aryl methyl sites for hydroxylation is 3. The minimum absolute atomic E-state index is 0.0555. The van der Waals surface area contributed by atoms with Gasteiger partial charge in [0, 0.05) is 11.8 Å². The van der Waals surface area contributed by atoms with Crippen LogP contribution in [0.5, 0.6) is 0 Å². The second-order valence-corrected chi connectivity index (χ2v) is 5.74. The summed E-state index contributed by atoms with van der Waals surface area (Å²) in [5.74, 6) is -0.240. The van der Waals surface area contributed by atoms with Crippen molar-refractivity contribution in [2.45, 2.75) is 39.2 Å². The molecule has 22 heavy (non-hydrogen) atoms. The molecule has 1 N–H and O–H groups in total. The van der Waals surface area contributed by atoms with E-state index in [1.54, 1.807) is 6.07 Å². The predicted octanol–water partition coefficient (Wildman–Crippen LogP) is 2.07. The van der Waals surface area contributed by atoms with E-state index in [2.05, 4.69) is 10.4 Å². The van der Waals surface area contributed by atoms with Crippen LogP contribution in [0, 0.1) is 6.92 Å². The molecule has 5 heteroatoms. The van der Waals surface area contributed by atoms with Gasteiger partial charge in [-0.15, -0.1) is 0 Å². The molecule has 1 amide bonds. The molecule has 1 aliphatic rings. The molecular formula is C17H19N3O2. The summed E-state index contributed by atoms with van der Waals surface area (Å²) in [6, 6.07) is 9.19. The van der Waals surface area contributed by atoms with Gasteiger partial charge < -0.3 is 5.32 Å². The zero-order chi connectivity index (χ0) is 15.5. The van der Waals surface area contributed by atoms with E-state index in [1.165, 1.54) is 4.68 Å². The van der Waals surface area contributed by atoms with E-state index >= 15 is 0 Å². The van der Waals surface area contributed by atoms with E-state index in [9.17, 15) is 9.59 Å². The molecule has 0 bridgehead atoms. The lowest BCUT2D eigenvalue weighted by molar-refractivity contribution is -0.117. The molecule has 2 aromatic rings. The van der Waals surface area contributed by atoms with Crippen LogP contribution in [-0.4, -0.2) is 15.7 Å². The first kappa shape index (κ1) is 14.5. The maximum absolute atomic E-state index is 12.1. The lowest BCUT2D eigenvalue weighted by atomic mass is 9.97. The number of anilines is 1. The molecule has 0 aliphatic heterocycles. The second-order valence-electron chi connectivity index (χ2n) is 5.74. The van der Waals surface area contributed by atoms with E-state index in [1.807, 2.05) is 31.2 Å². The molecule has 114 valence electrons. The molecule has 0 saturated carbocycles. The Bertz CT molecular complexity index is 765. The Hall–Kier alpha value is -2.43. The summed E-state index contributed by atoms with van der Waals surface area (Å²) in [4.78, 5) is 24.2. The monoisotopic (exact) mass is 297 g/mol. The van der Waals surface area contributed by atoms with Gasteiger partial charge in [-0.1, -0.05) is 12.1 Å². The number of hydrogen-bond acceptors (Lipinski definition) is 3. The van der Waals surface area contributed by atoms with Gasteiger partial charge in [0.25, 0.3) is 5.56 Å². The Morgan fingerprint density at radius 3 is 2.91 bits per heavy atom. The van der Waals surface area contributed by atoms with Gasteiger partial charge in [-0.05, 0) is 55.9 Å². The fourth-order valence-corrected chi connectivity index (χ4v) is 2.77. The number of nitrogens with zero attached hydrogens (tertiary/aromatic N) is 2. The van der Waals surface area contributed by atoms with Crippen molar-refractivity contribution in [3.8, 4) is 0 Å². The van der Waals surface area contributed by atoms with Crippen molar-refractivity contribution in [2.75, 3.05) is 5.32 Å². The third kappa shape index (κ3) is 3.24. The van der Waals surface area contributed by atoms with Crippen molar-refractivity contribution in [3.63, 3.8) is 0 Å². The van der Waals surface area contributed by atoms with Crippen molar-refractivity contribution >= 4 is 11.6 Å². The zero-order valence-corrected chi connectivity index (χ0v) is 12.6. The van der Waals surface area contributed by atoms with Crippen molar-refractivity contribution in [3.05, 3.63) is 57.5 Å². The number of amides is 1. The Balaban J connectivity index is 1.75. The van der Waals surface area contributed by atoms with Crippen LogP contribution in [0.25, 0.3) is 0 Å². The number of carbonyl (C=O) groups is 1. The lowest BCUT2D eigenvalue weighted by Gasteiger charge is -2.15. The largest absolute Gasteiger partial charge is 0.324 e. The van der Waals surface area contributed by atoms with E-state index in [4.69, 9.17) is 0 Å². The van der Waals surface area contributed by atoms with Gasteiger partial charge >= 0.3 is 0 Å². The first-order valence-electron chi connectivity index (χ1n) is 7.58. The van der Waals surface area contributed by atoms with Gasteiger partial charge in [0.2, 0.25) is 5.91 Å². The minimum Gasteiger partial charge on any atom is -0.324 e. The topological polar surface area (TPSA) is 64.0 Å². The molecule has 0 atom stereocenters. The van der Waals surface area contributed by atoms with Crippen LogP contribution in [0.4, 0.5) is 5.69 Å². The Morgan fingerprint density at radius 2 is 2.09 bits per heavy atom. The summed E-state index contributed by atoms with van der Waals surface area (Å²) in [6.45, 7) is 1.91. The minimum atomic E-state index is -0.240. The highest BCUT2D eigenvalue weighted by Crippen LogP contribution is 2.17. The third-order valence-corrected chi connectivity index (χ3v) is 3.87. The second kappa shape index (κ2) is 6.13. The summed E-state index contributed by atoms with van der Waals surface area (Å²) in [6.07, 6.45) is 3.99. The smallest absolute Gasteiger partial charge is 0.267 e. The summed E-state index contributed by atoms with van der Waals surface area (Å²) >= 11 is 0. The first-order valence-corrected chi connectivity index (χ1v) is 7.58. The quantitative estimate of drug-likeness (QED) is 0.943. The summed E-state index contributed by atoms with van der Waals surface area (Å²) in [5.41, 5.74) is 3.58. The number of hydrogen-bond donors (Lipinski definition) is 1. The van der Waals surface area contributed by atoms with E-state index in [0.717, 1.165) is 48.2 Å². The van der Waals surface area contributed by atoms with Gasteiger partial charge in [-0.2, -0.15) is 5.10 Å². The number of carbonyl (C=O) groups excluding carboxylic acids is 1. The highest BCUT2D eigenvalue weighted by atomic mass is 16.2. The highest BCUT2D eigenvalue weighted by molar-refractivity contribution is 5.90. The number of rotatable bonds is 3. The van der Waals surface area contributed by atoms with Gasteiger partial charge in [-0.3, -0.25) is 9.59 Å². The van der Waals surface area contributed by atoms with Gasteiger partial charge in [-0.25, -0.2) is 4.68 Å². The third-order valence-electron chi connectivity index (χ3n) is 3.87. The van der Waals surface area contributed by atoms with Crippen molar-refractivity contribution in [1.82, 2.24) is 9.78 Å². The number of nitrogens with one attached hydrogen (secondary N) is 1. The van der Waals surface area contributed by atoms with Crippen molar-refractivity contribution in [2.24, 2.45) is 0 Å². The fraction of sp³-hybridized carbons (Fsp3) is 0.353. The normalized spacial score (nSPS) is 13.5. The molecule has 0 radical (unpaired) electrons. The Kier molecular flexibility index (Phi) is 4.04. The number of benzene rings is 1. The van der Waals surface area contributed by atoms with Crippen LogP contribution in [0.15, 0.2) is 35.1 Å². The molecule has 0 saturated heterocycles. The Labute approximate surface area is 129 Å². The summed E-state index contributed by atoms with van der Waals surface area (Å²) < 4.78 is 1.26. The average molecular weight is 297 g/mol. The Morgan fingerprint density at radius 1 is 1.27 bits per heavy atom. The van der Waals surface area contributed by atoms with Crippen LogP contribution in [0.2, 0.25) is 0 Å². The molecule has 0 unspecified atom stereocenters. The van der Waals surface area contributed by atoms with E-state index in [-0.39, 0.29) is 18.0 Å². The molecule has 1 aromatic carbocycles. The predicted molar refractivity (Wildman–Crippen MR) is 84.9 cm³/mol. The molecule has 1 aliphatic carbocycles. The standard InChI is InChI=1S/C17H19N3O2/c1-12-5-4-7-14(9-12)18-16(21)11-20-17(22)10-13-6-2-3-8-15(13)19-20/h4-5,7,9-10H,2-3,6,8,11H2,1H3,(H,18,21). The van der Waals surface area contributed by atoms with Crippen LogP contribution in [0.1, 0.15) is 29.7 Å². The maximum Gasteiger partial charge on any atom is 0.267 e. The molecule has 1 heterocycles. The molecule has 0 fully saturated rings. The maximum atomic E-state index is 12.1. The fourth-order valence-electron chi connectivity index (χ4n) is 2.77. The van der Waals surface area contributed by atoms with Crippen molar-refractivity contribution in [1.29, 1.82) is 0 Å². The van der Waals surface area contributed by atoms with Crippen LogP contribution < -0.4 is 10.9 Å². The van der Waals surface area contributed by atoms with E-state index < -0.39 is 0 Å². The molecule has 1 aromatic heterocycles. The lowest BCUT2D eigenvalue weighted by Crippen LogP contribution is -2.31. The van der Waals surface area contributed by atoms with Crippen molar-refractivity contribution < 1.29 is 4.79 Å². The zero-order valence-electron chi connectivity index (χ0n) is 12.6. The highest BCUT2D eigenvalue weighted by Gasteiger charge is 2.14. The molecule has 5 nitrogen and oxygen atoms in total. The SMILES string of the molecule is Cc1cccc(NC(=O)Cn2nc3c(cc2=O)CCCC3)c1.